The Morgan fingerprint density at radius 2 is 0.956 bits per heavy atom. The zero-order valence-corrected chi connectivity index (χ0v) is 27.0. The van der Waals surface area contributed by atoms with Gasteiger partial charge in [-0.1, -0.05) is 47.1 Å². The van der Waals surface area contributed by atoms with Crippen LogP contribution in [0, 0.1) is 11.3 Å². The van der Waals surface area contributed by atoms with Crippen LogP contribution in [-0.2, 0) is 38.1 Å². The summed E-state index contributed by atoms with van der Waals surface area (Å²) < 4.78 is 20.2. The molecule has 14 heteroatoms. The fourth-order valence-corrected chi connectivity index (χ4v) is 3.89. The molecule has 0 aromatic heterocycles. The number of amides is 4. The number of carbonyl (C=O) groups is 6. The molecule has 4 amide bonds. The lowest BCUT2D eigenvalue weighted by Crippen LogP contribution is -2.57. The molecule has 0 radical (unpaired) electrons. The summed E-state index contributed by atoms with van der Waals surface area (Å²) in [6.07, 6.45) is 5.21. The van der Waals surface area contributed by atoms with Gasteiger partial charge in [-0.15, -0.1) is 0 Å². The third-order valence-corrected chi connectivity index (χ3v) is 6.18. The lowest BCUT2D eigenvalue weighted by Gasteiger charge is -2.32. The molecule has 0 rings (SSSR count). The summed E-state index contributed by atoms with van der Waals surface area (Å²) in [5.41, 5.74) is -2.78. The fraction of sp³-hybridized carbons (Fsp3) is 0.548. The van der Waals surface area contributed by atoms with Crippen LogP contribution in [0.25, 0.3) is 0 Å². The fourth-order valence-electron chi connectivity index (χ4n) is 3.89. The van der Waals surface area contributed by atoms with Gasteiger partial charge in [0.15, 0.2) is 0 Å². The number of nitrogens with one attached hydrogen (secondary N) is 4. The van der Waals surface area contributed by atoms with Gasteiger partial charge in [-0.3, -0.25) is 0 Å². The van der Waals surface area contributed by atoms with Gasteiger partial charge in [0.1, 0.15) is 37.5 Å². The van der Waals surface area contributed by atoms with Crippen molar-refractivity contribution in [2.75, 3.05) is 39.5 Å². The summed E-state index contributed by atoms with van der Waals surface area (Å²) in [4.78, 5) is 71.4. The number of carbonyl (C=O) groups excluding carboxylic acids is 6. The molecular weight excluding hydrogens is 588 g/mol. The van der Waals surface area contributed by atoms with E-state index in [-0.39, 0.29) is 44.3 Å². The van der Waals surface area contributed by atoms with E-state index >= 15 is 0 Å². The molecule has 14 nitrogen and oxygen atoms in total. The zero-order chi connectivity index (χ0) is 34.7. The molecule has 0 aliphatic rings. The smallest absolute Gasteiger partial charge is 0.330 e. The number of ether oxygens (including phenoxy) is 4. The highest BCUT2D eigenvalue weighted by atomic mass is 16.6. The highest BCUT2D eigenvalue weighted by molar-refractivity contribution is 5.83. The van der Waals surface area contributed by atoms with Crippen molar-refractivity contribution < 1.29 is 47.7 Å². The maximum absolute atomic E-state index is 12.7. The van der Waals surface area contributed by atoms with Crippen molar-refractivity contribution in [2.45, 2.75) is 58.5 Å². The molecule has 0 aliphatic carbocycles. The van der Waals surface area contributed by atoms with Gasteiger partial charge in [0.05, 0.1) is 0 Å². The second-order valence-electron chi connectivity index (χ2n) is 11.8. The van der Waals surface area contributed by atoms with Crippen molar-refractivity contribution >= 4 is 35.9 Å². The first-order chi connectivity index (χ1) is 20.9. The van der Waals surface area contributed by atoms with E-state index in [0.29, 0.717) is 19.4 Å². The first-order valence-electron chi connectivity index (χ1n) is 14.2. The first kappa shape index (κ1) is 40.4. The molecule has 0 fully saturated rings. The molecule has 4 N–H and O–H groups in total. The van der Waals surface area contributed by atoms with E-state index in [9.17, 15) is 28.8 Å². The van der Waals surface area contributed by atoms with Crippen LogP contribution in [0.1, 0.15) is 47.5 Å². The minimum atomic E-state index is -1.22. The van der Waals surface area contributed by atoms with E-state index in [1.54, 1.807) is 13.8 Å². The Labute approximate surface area is 265 Å². The second kappa shape index (κ2) is 19.6. The maximum atomic E-state index is 12.7. The van der Waals surface area contributed by atoms with Crippen molar-refractivity contribution in [3.05, 3.63) is 50.6 Å². The quantitative estimate of drug-likeness (QED) is 0.0828. The van der Waals surface area contributed by atoms with E-state index in [1.165, 1.54) is 0 Å². The van der Waals surface area contributed by atoms with Gasteiger partial charge in [0.25, 0.3) is 0 Å². The average Bonchev–Trinajstić information content (AvgIpc) is 2.98. The molecule has 45 heavy (non-hydrogen) atoms. The largest absolute Gasteiger partial charge is 0.460 e. The SMILES string of the molecule is C=CC(=O)OCC(C)(COC(=O)C=C)NC(=O)NCCC(C)CC(C)(C)CNC(=O)NC(C)(COC(=O)C=C)COC(=O)C=C. The van der Waals surface area contributed by atoms with Gasteiger partial charge in [0, 0.05) is 37.4 Å². The Bertz CT molecular complexity index is 1050. The first-order valence-corrected chi connectivity index (χ1v) is 14.2. The molecular formula is C31H48N4O10. The summed E-state index contributed by atoms with van der Waals surface area (Å²) >= 11 is 0. The van der Waals surface area contributed by atoms with Crippen molar-refractivity contribution in [3.63, 3.8) is 0 Å². The van der Waals surface area contributed by atoms with Gasteiger partial charge in [0.2, 0.25) is 0 Å². The summed E-state index contributed by atoms with van der Waals surface area (Å²) in [6.45, 7) is 21.9. The molecule has 252 valence electrons. The van der Waals surface area contributed by atoms with Crippen molar-refractivity contribution in [3.8, 4) is 0 Å². The minimum absolute atomic E-state index is 0.139. The zero-order valence-electron chi connectivity index (χ0n) is 27.0. The highest BCUT2D eigenvalue weighted by Crippen LogP contribution is 2.26. The Balaban J connectivity index is 4.93. The molecule has 0 saturated carbocycles. The van der Waals surface area contributed by atoms with Crippen molar-refractivity contribution in [1.82, 2.24) is 21.3 Å². The van der Waals surface area contributed by atoms with Crippen LogP contribution in [-0.4, -0.2) is 86.5 Å². The number of esters is 4. The molecule has 0 heterocycles. The van der Waals surface area contributed by atoms with Gasteiger partial charge in [-0.05, 0) is 38.0 Å². The number of urea groups is 2. The summed E-state index contributed by atoms with van der Waals surface area (Å²) in [5.74, 6) is -2.64. The van der Waals surface area contributed by atoms with Gasteiger partial charge in [-0.2, -0.15) is 0 Å². The van der Waals surface area contributed by atoms with Crippen LogP contribution < -0.4 is 21.3 Å². The van der Waals surface area contributed by atoms with E-state index in [1.807, 2.05) is 20.8 Å². The number of hydrogen-bond acceptors (Lipinski definition) is 10. The Morgan fingerprint density at radius 3 is 1.29 bits per heavy atom. The van der Waals surface area contributed by atoms with Crippen LogP contribution in [0.5, 0.6) is 0 Å². The summed E-state index contributed by atoms with van der Waals surface area (Å²) in [7, 11) is 0. The third kappa shape index (κ3) is 18.6. The maximum Gasteiger partial charge on any atom is 0.330 e. The second-order valence-corrected chi connectivity index (χ2v) is 11.8. The van der Waals surface area contributed by atoms with E-state index in [4.69, 9.17) is 18.9 Å². The molecule has 0 saturated heterocycles. The predicted octanol–water partition coefficient (Wildman–Crippen LogP) is 2.46. The lowest BCUT2D eigenvalue weighted by molar-refractivity contribution is -0.145. The van der Waals surface area contributed by atoms with Crippen molar-refractivity contribution in [2.24, 2.45) is 11.3 Å². The van der Waals surface area contributed by atoms with Crippen LogP contribution in [0.4, 0.5) is 9.59 Å². The van der Waals surface area contributed by atoms with Crippen molar-refractivity contribution in [1.29, 1.82) is 0 Å². The van der Waals surface area contributed by atoms with Crippen LogP contribution in [0.15, 0.2) is 50.6 Å². The van der Waals surface area contributed by atoms with Crippen LogP contribution in [0.2, 0.25) is 0 Å². The normalized spacial score (nSPS) is 11.8. The van der Waals surface area contributed by atoms with Crippen LogP contribution >= 0.6 is 0 Å². The monoisotopic (exact) mass is 636 g/mol. The van der Waals surface area contributed by atoms with Gasteiger partial charge < -0.3 is 40.2 Å². The number of hydrogen-bond donors (Lipinski definition) is 4. The molecule has 0 bridgehead atoms. The average molecular weight is 637 g/mol. The molecule has 1 atom stereocenters. The molecule has 0 aromatic carbocycles. The Kier molecular flexibility index (Phi) is 17.6. The Hall–Kier alpha value is -4.62. The van der Waals surface area contributed by atoms with Gasteiger partial charge in [-0.25, -0.2) is 28.8 Å². The minimum Gasteiger partial charge on any atom is -0.460 e. The van der Waals surface area contributed by atoms with E-state index in [2.05, 4.69) is 47.6 Å². The van der Waals surface area contributed by atoms with E-state index in [0.717, 1.165) is 24.3 Å². The molecule has 0 aliphatic heterocycles. The topological polar surface area (TPSA) is 187 Å². The molecule has 1 unspecified atom stereocenters. The third-order valence-electron chi connectivity index (χ3n) is 6.18. The highest BCUT2D eigenvalue weighted by Gasteiger charge is 2.32. The number of rotatable bonds is 21. The molecule has 0 aromatic rings. The predicted molar refractivity (Wildman–Crippen MR) is 167 cm³/mol. The van der Waals surface area contributed by atoms with Crippen LogP contribution in [0.3, 0.4) is 0 Å². The van der Waals surface area contributed by atoms with Gasteiger partial charge >= 0.3 is 35.9 Å². The van der Waals surface area contributed by atoms with E-state index < -0.39 is 47.0 Å². The summed E-state index contributed by atoms with van der Waals surface area (Å²) in [5, 5.41) is 10.9. The lowest BCUT2D eigenvalue weighted by atomic mass is 9.82. The molecule has 0 spiro atoms. The standard InChI is InChI=1S/C31H48N4O10/c1-10-23(36)42-18-30(8,19-43-24(37)11-2)34-27(40)32-15-14-22(5)16-29(6,7)17-33-28(41)35-31(9,20-44-25(38)12-3)21-45-26(39)13-4/h10-13,22H,1-4,14-21H2,5-9H3,(H2,32,34,40)(H2,33,35,41). The Morgan fingerprint density at radius 1 is 0.622 bits per heavy atom. The summed E-state index contributed by atoms with van der Waals surface area (Å²) in [6, 6.07) is -1.10.